The molecule has 128 valence electrons. The minimum absolute atomic E-state index is 0.0125. The number of aromatic nitrogens is 1. The Labute approximate surface area is 145 Å². The van der Waals surface area contributed by atoms with E-state index in [0.717, 1.165) is 24.1 Å². The van der Waals surface area contributed by atoms with Gasteiger partial charge in [0.25, 0.3) is 5.91 Å². The predicted molar refractivity (Wildman–Crippen MR) is 93.4 cm³/mol. The van der Waals surface area contributed by atoms with Gasteiger partial charge in [-0.1, -0.05) is 24.3 Å². The molecule has 3 aliphatic heterocycles. The van der Waals surface area contributed by atoms with Gasteiger partial charge in [-0.15, -0.1) is 6.58 Å². The number of para-hydroxylation sites is 1. The number of hydrogen-bond donors (Lipinski definition) is 2. The highest BCUT2D eigenvalue weighted by atomic mass is 16.6. The topological polar surface area (TPSA) is 65.6 Å². The van der Waals surface area contributed by atoms with E-state index in [2.05, 4.69) is 29.8 Å². The van der Waals surface area contributed by atoms with Gasteiger partial charge in [0, 0.05) is 35.0 Å². The first-order valence-corrected chi connectivity index (χ1v) is 8.75. The molecule has 1 fully saturated rings. The molecule has 0 bridgehead atoms. The molecule has 5 rings (SSSR count). The number of aliphatic hydroxyl groups is 1. The zero-order valence-corrected chi connectivity index (χ0v) is 13.8. The fourth-order valence-electron chi connectivity index (χ4n) is 4.71. The second kappa shape index (κ2) is 5.23. The average Bonchev–Trinajstić information content (AvgIpc) is 3.01. The van der Waals surface area contributed by atoms with Gasteiger partial charge in [-0.25, -0.2) is 0 Å². The number of nitrogens with one attached hydrogen (secondary N) is 1. The third-order valence-corrected chi connectivity index (χ3v) is 5.94. The summed E-state index contributed by atoms with van der Waals surface area (Å²) in [4.78, 5) is 18.5. The Morgan fingerprint density at radius 1 is 1.36 bits per heavy atom. The number of benzene rings is 1. The van der Waals surface area contributed by atoms with Gasteiger partial charge in [-0.3, -0.25) is 4.79 Å². The molecule has 2 N–H and O–H groups in total. The largest absolute Gasteiger partial charge is 0.472 e. The van der Waals surface area contributed by atoms with Crippen molar-refractivity contribution < 1.29 is 14.6 Å². The first-order valence-electron chi connectivity index (χ1n) is 8.75. The lowest BCUT2D eigenvalue weighted by atomic mass is 9.74. The molecule has 4 atom stereocenters. The normalized spacial score (nSPS) is 30.8. The number of ether oxygens (including phenoxy) is 1. The number of aromatic amines is 1. The molecule has 0 unspecified atom stereocenters. The van der Waals surface area contributed by atoms with Crippen molar-refractivity contribution in [1.82, 2.24) is 9.88 Å². The zero-order valence-electron chi connectivity index (χ0n) is 13.8. The molecule has 1 aromatic carbocycles. The van der Waals surface area contributed by atoms with Crippen molar-refractivity contribution >= 4 is 16.8 Å². The lowest BCUT2D eigenvalue weighted by molar-refractivity contribution is -0.143. The summed E-state index contributed by atoms with van der Waals surface area (Å²) in [7, 11) is 0. The number of carbonyl (C=O) groups is 1. The molecule has 0 radical (unpaired) electrons. The molecule has 3 aliphatic rings. The maximum Gasteiger partial charge on any atom is 0.253 e. The van der Waals surface area contributed by atoms with Crippen LogP contribution in [0.4, 0.5) is 0 Å². The quantitative estimate of drug-likeness (QED) is 0.787. The summed E-state index contributed by atoms with van der Waals surface area (Å²) in [5, 5.41) is 11.4. The molecule has 1 saturated heterocycles. The van der Waals surface area contributed by atoms with E-state index in [1.807, 2.05) is 11.0 Å². The maximum atomic E-state index is 13.0. The van der Waals surface area contributed by atoms with Gasteiger partial charge in [0.2, 0.25) is 6.29 Å². The van der Waals surface area contributed by atoms with Gasteiger partial charge in [0.05, 0.1) is 17.9 Å². The number of carbonyl (C=O) groups excluding carboxylic acids is 1. The fourth-order valence-corrected chi connectivity index (χ4v) is 4.71. The van der Waals surface area contributed by atoms with Gasteiger partial charge >= 0.3 is 0 Å². The Balaban J connectivity index is 1.62. The van der Waals surface area contributed by atoms with Crippen molar-refractivity contribution in [2.45, 2.75) is 25.2 Å². The van der Waals surface area contributed by atoms with Gasteiger partial charge in [-0.05, 0) is 24.5 Å². The fraction of sp³-hybridized carbons (Fsp3) is 0.350. The molecule has 1 amide bonds. The number of rotatable bonds is 1. The van der Waals surface area contributed by atoms with E-state index in [9.17, 15) is 9.90 Å². The van der Waals surface area contributed by atoms with E-state index in [1.165, 1.54) is 17.2 Å². The summed E-state index contributed by atoms with van der Waals surface area (Å²) in [5.74, 6) is -0.308. The van der Waals surface area contributed by atoms with Crippen molar-refractivity contribution in [3.63, 3.8) is 0 Å². The Kier molecular flexibility index (Phi) is 3.09. The van der Waals surface area contributed by atoms with Crippen LogP contribution in [0.15, 0.2) is 48.8 Å². The van der Waals surface area contributed by atoms with Crippen LogP contribution in [0.3, 0.4) is 0 Å². The standard InChI is InChI=1S/C20H20N2O3/c1-2-11-14-9-17-18-13(12-5-3-4-6-16(12)21-18)7-8-22(17)19(23)15(14)10-25-20(11)24/h2-6,10-11,14,17,20-21,24H,1,7-9H2/t11-,14+,17+,20-/m1/s1. The molecular formula is C20H20N2O3. The Morgan fingerprint density at radius 2 is 2.20 bits per heavy atom. The number of amides is 1. The third kappa shape index (κ3) is 1.96. The molecule has 5 nitrogen and oxygen atoms in total. The lowest BCUT2D eigenvalue weighted by Gasteiger charge is -2.46. The molecule has 0 saturated carbocycles. The number of hydrogen-bond acceptors (Lipinski definition) is 3. The van der Waals surface area contributed by atoms with Gasteiger partial charge in [0.15, 0.2) is 0 Å². The smallest absolute Gasteiger partial charge is 0.253 e. The molecule has 0 aliphatic carbocycles. The van der Waals surface area contributed by atoms with Crippen molar-refractivity contribution in [1.29, 1.82) is 0 Å². The Hall–Kier alpha value is -2.53. The van der Waals surface area contributed by atoms with Crippen LogP contribution in [0.2, 0.25) is 0 Å². The van der Waals surface area contributed by atoms with Crippen LogP contribution in [-0.4, -0.2) is 33.7 Å². The monoisotopic (exact) mass is 336 g/mol. The Morgan fingerprint density at radius 3 is 3.04 bits per heavy atom. The molecular weight excluding hydrogens is 316 g/mol. The summed E-state index contributed by atoms with van der Waals surface area (Å²) >= 11 is 0. The van der Waals surface area contributed by atoms with Crippen molar-refractivity contribution in [2.75, 3.05) is 6.54 Å². The molecule has 5 heteroatoms. The highest BCUT2D eigenvalue weighted by Crippen LogP contribution is 2.47. The van der Waals surface area contributed by atoms with Crippen molar-refractivity contribution in [2.24, 2.45) is 11.8 Å². The van der Waals surface area contributed by atoms with Gasteiger partial charge in [-0.2, -0.15) is 0 Å². The van der Waals surface area contributed by atoms with Crippen LogP contribution in [0.5, 0.6) is 0 Å². The minimum atomic E-state index is -0.934. The molecule has 0 spiro atoms. The summed E-state index contributed by atoms with van der Waals surface area (Å²) in [6.07, 6.45) is 3.86. The minimum Gasteiger partial charge on any atom is -0.472 e. The first kappa shape index (κ1) is 14.8. The van der Waals surface area contributed by atoms with E-state index in [-0.39, 0.29) is 23.8 Å². The van der Waals surface area contributed by atoms with Crippen LogP contribution in [0, 0.1) is 11.8 Å². The lowest BCUT2D eigenvalue weighted by Crippen LogP contribution is -2.50. The second-order valence-electron chi connectivity index (χ2n) is 7.08. The van der Waals surface area contributed by atoms with Crippen LogP contribution in [0.25, 0.3) is 10.9 Å². The van der Waals surface area contributed by atoms with Gasteiger partial charge < -0.3 is 19.7 Å². The number of aliphatic hydroxyl groups excluding tert-OH is 1. The zero-order chi connectivity index (χ0) is 17.1. The SMILES string of the molecule is C=C[C@H]1[C@H](O)OC=C2C(=O)N3CCc4c([nH]c5ccccc45)[C@@H]3C[C@H]21. The number of piperidine rings is 1. The highest BCUT2D eigenvalue weighted by Gasteiger charge is 2.47. The summed E-state index contributed by atoms with van der Waals surface area (Å²) < 4.78 is 5.29. The first-order chi connectivity index (χ1) is 12.2. The maximum absolute atomic E-state index is 13.0. The predicted octanol–water partition coefficient (Wildman–Crippen LogP) is 2.65. The molecule has 4 heterocycles. The van der Waals surface area contributed by atoms with E-state index in [4.69, 9.17) is 4.74 Å². The Bertz CT molecular complexity index is 913. The van der Waals surface area contributed by atoms with E-state index < -0.39 is 6.29 Å². The van der Waals surface area contributed by atoms with Crippen LogP contribution >= 0.6 is 0 Å². The van der Waals surface area contributed by atoms with E-state index >= 15 is 0 Å². The highest BCUT2D eigenvalue weighted by molar-refractivity contribution is 5.96. The van der Waals surface area contributed by atoms with E-state index in [1.54, 1.807) is 6.08 Å². The van der Waals surface area contributed by atoms with E-state index in [0.29, 0.717) is 12.1 Å². The third-order valence-electron chi connectivity index (χ3n) is 5.94. The summed E-state index contributed by atoms with van der Waals surface area (Å²) in [6, 6.07) is 8.31. The second-order valence-corrected chi connectivity index (χ2v) is 7.08. The van der Waals surface area contributed by atoms with Crippen molar-refractivity contribution in [3.8, 4) is 0 Å². The molecule has 1 aromatic heterocycles. The number of H-pyrrole nitrogens is 1. The van der Waals surface area contributed by atoms with Crippen molar-refractivity contribution in [3.05, 3.63) is 60.0 Å². The van der Waals surface area contributed by atoms with Crippen LogP contribution < -0.4 is 0 Å². The van der Waals surface area contributed by atoms with Gasteiger partial charge in [0.1, 0.15) is 0 Å². The molecule has 25 heavy (non-hydrogen) atoms. The molecule has 2 aromatic rings. The summed E-state index contributed by atoms with van der Waals surface area (Å²) in [5.41, 5.74) is 4.24. The van der Waals surface area contributed by atoms with Crippen LogP contribution in [0.1, 0.15) is 23.7 Å². The van der Waals surface area contributed by atoms with Crippen LogP contribution in [-0.2, 0) is 16.0 Å². The number of nitrogens with zero attached hydrogens (tertiary/aromatic N) is 1. The average molecular weight is 336 g/mol. The number of fused-ring (bicyclic) bond motifs is 6. The summed E-state index contributed by atoms with van der Waals surface area (Å²) in [6.45, 7) is 4.55.